The van der Waals surface area contributed by atoms with Crippen LogP contribution in [0.5, 0.6) is 0 Å². The third kappa shape index (κ3) is 5.73. The number of ether oxygens (including phenoxy) is 1. The van der Waals surface area contributed by atoms with Crippen molar-refractivity contribution in [2.75, 3.05) is 19.0 Å². The second-order valence-electron chi connectivity index (χ2n) is 2.78. The Labute approximate surface area is 98.3 Å². The predicted octanol–water partition coefficient (Wildman–Crippen LogP) is 3.10. The summed E-state index contributed by atoms with van der Waals surface area (Å²) >= 11 is 7.34. The summed E-state index contributed by atoms with van der Waals surface area (Å²) in [4.78, 5) is 0. The van der Waals surface area contributed by atoms with Crippen LogP contribution in [0.3, 0.4) is 0 Å². The Kier molecular flexibility index (Phi) is 6.33. The van der Waals surface area contributed by atoms with Gasteiger partial charge in [0.1, 0.15) is 5.76 Å². The van der Waals surface area contributed by atoms with Gasteiger partial charge in [-0.1, -0.05) is 0 Å². The summed E-state index contributed by atoms with van der Waals surface area (Å²) in [6, 6.07) is 5.63. The van der Waals surface area contributed by atoms with E-state index in [-0.39, 0.29) is 0 Å². The van der Waals surface area contributed by atoms with Gasteiger partial charge in [0, 0.05) is 5.75 Å². The molecule has 0 aromatic carbocycles. The number of halogens is 1. The SMILES string of the molecule is N#CCCOCCSCc1ccc(Cl)o1. The first-order valence-corrected chi connectivity index (χ1v) is 6.13. The van der Waals surface area contributed by atoms with Crippen LogP contribution < -0.4 is 0 Å². The minimum atomic E-state index is 0.427. The van der Waals surface area contributed by atoms with Gasteiger partial charge in [0.2, 0.25) is 0 Å². The molecule has 15 heavy (non-hydrogen) atoms. The zero-order valence-electron chi connectivity index (χ0n) is 8.24. The number of nitrogens with zero attached hydrogens (tertiary/aromatic N) is 1. The van der Waals surface area contributed by atoms with Crippen molar-refractivity contribution in [3.8, 4) is 6.07 Å². The van der Waals surface area contributed by atoms with Gasteiger partial charge >= 0.3 is 0 Å². The van der Waals surface area contributed by atoms with E-state index >= 15 is 0 Å². The van der Waals surface area contributed by atoms with E-state index in [2.05, 4.69) is 0 Å². The maximum absolute atomic E-state index is 8.26. The lowest BCUT2D eigenvalue weighted by atomic mass is 10.5. The summed E-state index contributed by atoms with van der Waals surface area (Å²) in [5, 5.41) is 8.69. The summed E-state index contributed by atoms with van der Waals surface area (Å²) < 4.78 is 10.4. The van der Waals surface area contributed by atoms with E-state index in [4.69, 9.17) is 26.0 Å². The van der Waals surface area contributed by atoms with Crippen LogP contribution in [0.15, 0.2) is 16.5 Å². The molecule has 0 N–H and O–H groups in total. The van der Waals surface area contributed by atoms with Crippen molar-refractivity contribution >= 4 is 23.4 Å². The molecule has 3 nitrogen and oxygen atoms in total. The summed E-state index contributed by atoms with van der Waals surface area (Å²) in [5.41, 5.74) is 0. The second-order valence-corrected chi connectivity index (χ2v) is 4.26. The van der Waals surface area contributed by atoms with Crippen molar-refractivity contribution in [3.63, 3.8) is 0 Å². The molecule has 0 aliphatic heterocycles. The molecule has 0 aliphatic rings. The number of hydrogen-bond acceptors (Lipinski definition) is 4. The fraction of sp³-hybridized carbons (Fsp3) is 0.500. The lowest BCUT2D eigenvalue weighted by Crippen LogP contribution is -1.98. The zero-order valence-corrected chi connectivity index (χ0v) is 9.81. The minimum Gasteiger partial charge on any atom is -0.449 e. The molecule has 0 atom stereocenters. The van der Waals surface area contributed by atoms with Gasteiger partial charge < -0.3 is 9.15 Å². The van der Waals surface area contributed by atoms with Crippen molar-refractivity contribution in [2.45, 2.75) is 12.2 Å². The molecule has 1 aromatic rings. The third-order valence-corrected chi connectivity index (χ3v) is 2.75. The van der Waals surface area contributed by atoms with E-state index in [9.17, 15) is 0 Å². The van der Waals surface area contributed by atoms with E-state index in [1.807, 2.05) is 12.1 Å². The number of rotatable bonds is 7. The van der Waals surface area contributed by atoms with Crippen LogP contribution in [0.4, 0.5) is 0 Å². The molecule has 0 saturated carbocycles. The molecule has 0 fully saturated rings. The quantitative estimate of drug-likeness (QED) is 0.693. The molecule has 0 radical (unpaired) electrons. The lowest BCUT2D eigenvalue weighted by Gasteiger charge is -2.00. The van der Waals surface area contributed by atoms with Crippen molar-refractivity contribution in [1.82, 2.24) is 0 Å². The smallest absolute Gasteiger partial charge is 0.193 e. The molecule has 5 heteroatoms. The Morgan fingerprint density at radius 2 is 2.33 bits per heavy atom. The number of nitriles is 1. The van der Waals surface area contributed by atoms with Crippen molar-refractivity contribution in [3.05, 3.63) is 23.1 Å². The van der Waals surface area contributed by atoms with Crippen molar-refractivity contribution in [1.29, 1.82) is 5.26 Å². The maximum atomic E-state index is 8.26. The number of thioether (sulfide) groups is 1. The van der Waals surface area contributed by atoms with Crippen LogP contribution in [-0.4, -0.2) is 19.0 Å². The van der Waals surface area contributed by atoms with E-state index < -0.39 is 0 Å². The second kappa shape index (κ2) is 7.63. The maximum Gasteiger partial charge on any atom is 0.193 e. The Hall–Kier alpha value is -0.630. The van der Waals surface area contributed by atoms with Crippen molar-refractivity contribution < 1.29 is 9.15 Å². The molecule has 0 spiro atoms. The Morgan fingerprint density at radius 1 is 1.47 bits per heavy atom. The first-order chi connectivity index (χ1) is 7.33. The number of hydrogen-bond donors (Lipinski definition) is 0. The highest BCUT2D eigenvalue weighted by molar-refractivity contribution is 7.98. The highest BCUT2D eigenvalue weighted by Gasteiger charge is 1.99. The topological polar surface area (TPSA) is 46.2 Å². The van der Waals surface area contributed by atoms with Crippen LogP contribution in [0, 0.1) is 11.3 Å². The Bertz CT molecular complexity index is 321. The molecule has 1 aromatic heterocycles. The van der Waals surface area contributed by atoms with Crippen LogP contribution >= 0.6 is 23.4 Å². The fourth-order valence-electron chi connectivity index (χ4n) is 0.940. The normalized spacial score (nSPS) is 10.1. The molecule has 82 valence electrons. The van der Waals surface area contributed by atoms with Gasteiger partial charge in [0.05, 0.1) is 31.5 Å². The van der Waals surface area contributed by atoms with Gasteiger partial charge in [0.25, 0.3) is 0 Å². The Morgan fingerprint density at radius 3 is 3.00 bits per heavy atom. The molecular formula is C10H12ClNO2S. The van der Waals surface area contributed by atoms with Gasteiger partial charge in [-0.05, 0) is 23.7 Å². The molecule has 1 heterocycles. The van der Waals surface area contributed by atoms with Gasteiger partial charge in [-0.2, -0.15) is 17.0 Å². The number of furan rings is 1. The molecule has 0 saturated heterocycles. The minimum absolute atomic E-state index is 0.427. The third-order valence-electron chi connectivity index (χ3n) is 1.60. The fourth-order valence-corrected chi connectivity index (χ4v) is 1.84. The Balaban J connectivity index is 1.96. The van der Waals surface area contributed by atoms with Gasteiger partial charge in [-0.25, -0.2) is 0 Å². The van der Waals surface area contributed by atoms with Gasteiger partial charge in [-0.15, -0.1) is 0 Å². The summed E-state index contributed by atoms with van der Waals surface area (Å²) in [6.07, 6.45) is 0.457. The highest BCUT2D eigenvalue weighted by atomic mass is 35.5. The van der Waals surface area contributed by atoms with Crippen molar-refractivity contribution in [2.24, 2.45) is 0 Å². The first kappa shape index (κ1) is 12.4. The molecule has 1 rings (SSSR count). The summed E-state index contributed by atoms with van der Waals surface area (Å²) in [5.74, 6) is 2.57. The van der Waals surface area contributed by atoms with Gasteiger partial charge in [0.15, 0.2) is 5.22 Å². The van der Waals surface area contributed by atoms with Crippen LogP contribution in [0.25, 0.3) is 0 Å². The molecule has 0 aliphatic carbocycles. The zero-order chi connectivity index (χ0) is 10.9. The largest absolute Gasteiger partial charge is 0.449 e. The average molecular weight is 246 g/mol. The average Bonchev–Trinajstić information content (AvgIpc) is 2.63. The van der Waals surface area contributed by atoms with E-state index in [0.29, 0.717) is 24.9 Å². The molecule has 0 bridgehead atoms. The molecule has 0 amide bonds. The van der Waals surface area contributed by atoms with E-state index in [1.165, 1.54) is 0 Å². The highest BCUT2D eigenvalue weighted by Crippen LogP contribution is 2.18. The standard InChI is InChI=1S/C10H12ClNO2S/c11-10-3-2-9(14-10)8-15-7-6-13-5-1-4-12/h2-3H,1,5-8H2. The predicted molar refractivity (Wildman–Crippen MR) is 60.9 cm³/mol. The molecular weight excluding hydrogens is 234 g/mol. The molecule has 0 unspecified atom stereocenters. The van der Waals surface area contributed by atoms with Gasteiger partial charge in [-0.3, -0.25) is 0 Å². The lowest BCUT2D eigenvalue weighted by molar-refractivity contribution is 0.156. The van der Waals surface area contributed by atoms with E-state index in [1.54, 1.807) is 17.8 Å². The summed E-state index contributed by atoms with van der Waals surface area (Å²) in [7, 11) is 0. The van der Waals surface area contributed by atoms with Crippen LogP contribution in [0.1, 0.15) is 12.2 Å². The summed E-state index contributed by atoms with van der Waals surface area (Å²) in [6.45, 7) is 1.18. The van der Waals surface area contributed by atoms with Crippen LogP contribution in [-0.2, 0) is 10.5 Å². The first-order valence-electron chi connectivity index (χ1n) is 4.59. The van der Waals surface area contributed by atoms with Crippen LogP contribution in [0.2, 0.25) is 5.22 Å². The van der Waals surface area contributed by atoms with E-state index in [0.717, 1.165) is 17.3 Å². The monoisotopic (exact) mass is 245 g/mol.